The van der Waals surface area contributed by atoms with Crippen LogP contribution in [0.3, 0.4) is 0 Å². The summed E-state index contributed by atoms with van der Waals surface area (Å²) in [6, 6.07) is 0.282. The zero-order chi connectivity index (χ0) is 10.0. The summed E-state index contributed by atoms with van der Waals surface area (Å²) < 4.78 is 12.0. The molecule has 1 saturated heterocycles. The lowest BCUT2D eigenvalue weighted by Crippen LogP contribution is -2.68. The lowest BCUT2D eigenvalue weighted by atomic mass is 9.68. The zero-order valence-electron chi connectivity index (χ0n) is 8.31. The van der Waals surface area contributed by atoms with Gasteiger partial charge in [-0.3, -0.25) is 4.79 Å². The van der Waals surface area contributed by atoms with Gasteiger partial charge in [0.15, 0.2) is 0 Å². The Morgan fingerprint density at radius 1 is 1.57 bits per heavy atom. The molecular weight excluding hydrogens is 183 g/mol. The van der Waals surface area contributed by atoms with E-state index in [1.165, 1.54) is 6.42 Å². The van der Waals surface area contributed by atoms with Gasteiger partial charge >= 0.3 is 0 Å². The minimum Gasteiger partial charge on any atom is -0.349 e. The van der Waals surface area contributed by atoms with Gasteiger partial charge in [0, 0.05) is 19.0 Å². The molecular formula is C10H17FN2O. The van der Waals surface area contributed by atoms with Crippen LogP contribution in [0.5, 0.6) is 0 Å². The molecule has 0 radical (unpaired) electrons. The minimum absolute atomic E-state index is 0.0372. The predicted molar refractivity (Wildman–Crippen MR) is 51.7 cm³/mol. The van der Waals surface area contributed by atoms with Crippen molar-refractivity contribution in [3.63, 3.8) is 0 Å². The van der Waals surface area contributed by atoms with Gasteiger partial charge in [-0.25, -0.2) is 4.39 Å². The largest absolute Gasteiger partial charge is 0.349 e. The molecule has 80 valence electrons. The van der Waals surface area contributed by atoms with Gasteiger partial charge in [-0.15, -0.1) is 0 Å². The van der Waals surface area contributed by atoms with Crippen molar-refractivity contribution in [1.82, 2.24) is 10.6 Å². The topological polar surface area (TPSA) is 41.1 Å². The smallest absolute Gasteiger partial charge is 0.220 e. The van der Waals surface area contributed by atoms with Crippen molar-refractivity contribution >= 4 is 5.91 Å². The van der Waals surface area contributed by atoms with Crippen LogP contribution in [-0.4, -0.2) is 30.7 Å². The quantitative estimate of drug-likeness (QED) is 0.705. The highest BCUT2D eigenvalue weighted by molar-refractivity contribution is 5.78. The first-order valence-electron chi connectivity index (χ1n) is 5.37. The Kier molecular flexibility index (Phi) is 2.72. The molecule has 0 bridgehead atoms. The first-order chi connectivity index (χ1) is 6.77. The van der Waals surface area contributed by atoms with Crippen molar-refractivity contribution in [3.05, 3.63) is 0 Å². The molecule has 1 spiro atoms. The van der Waals surface area contributed by atoms with Gasteiger partial charge in [0.05, 0.1) is 5.54 Å². The average Bonchev–Trinajstić information content (AvgIpc) is 2.13. The molecule has 0 aromatic carbocycles. The number of hydrogen-bond acceptors (Lipinski definition) is 2. The summed E-state index contributed by atoms with van der Waals surface area (Å²) in [6.07, 6.45) is 4.69. The number of hydrogen-bond donors (Lipinski definition) is 2. The minimum atomic E-state index is -0.333. The maximum absolute atomic E-state index is 12.0. The maximum Gasteiger partial charge on any atom is 0.220 e. The van der Waals surface area contributed by atoms with E-state index < -0.39 is 0 Å². The van der Waals surface area contributed by atoms with Crippen LogP contribution < -0.4 is 10.6 Å². The summed E-state index contributed by atoms with van der Waals surface area (Å²) in [4.78, 5) is 11.3. The molecule has 1 atom stereocenters. The predicted octanol–water partition coefficient (Wildman–Crippen LogP) is 0.747. The number of rotatable bonds is 3. The number of halogens is 1. The number of carbonyl (C=O) groups is 1. The molecule has 2 N–H and O–H groups in total. The number of nitrogens with one attached hydrogen (secondary N) is 2. The van der Waals surface area contributed by atoms with Crippen molar-refractivity contribution in [2.45, 2.75) is 43.7 Å². The number of carbonyl (C=O) groups excluding carboxylic acids is 1. The fourth-order valence-corrected chi connectivity index (χ4v) is 2.54. The molecule has 1 heterocycles. The van der Waals surface area contributed by atoms with Crippen molar-refractivity contribution in [1.29, 1.82) is 0 Å². The lowest BCUT2D eigenvalue weighted by molar-refractivity contribution is -0.128. The monoisotopic (exact) mass is 200 g/mol. The maximum atomic E-state index is 12.0. The molecule has 3 nitrogen and oxygen atoms in total. The first-order valence-corrected chi connectivity index (χ1v) is 5.37. The molecule has 1 aliphatic heterocycles. The van der Waals surface area contributed by atoms with E-state index in [-0.39, 0.29) is 24.2 Å². The van der Waals surface area contributed by atoms with Gasteiger partial charge in [0.25, 0.3) is 0 Å². The highest BCUT2D eigenvalue weighted by Gasteiger charge is 2.47. The van der Waals surface area contributed by atoms with Crippen molar-refractivity contribution in [2.75, 3.05) is 13.2 Å². The van der Waals surface area contributed by atoms with E-state index in [9.17, 15) is 9.18 Å². The second-order valence-electron chi connectivity index (χ2n) is 4.29. The second kappa shape index (κ2) is 3.85. The standard InChI is InChI=1S/C10H17FN2O/c11-6-7-12-8-2-3-9(14)13-10(8)4-1-5-10/h8,12H,1-7H2,(H,13,14). The van der Waals surface area contributed by atoms with Gasteiger partial charge in [-0.05, 0) is 25.7 Å². The molecule has 2 rings (SSSR count). The van der Waals surface area contributed by atoms with E-state index >= 15 is 0 Å². The third-order valence-corrected chi connectivity index (χ3v) is 3.45. The van der Waals surface area contributed by atoms with Gasteiger partial charge in [0.2, 0.25) is 5.91 Å². The Morgan fingerprint density at radius 2 is 2.36 bits per heavy atom. The van der Waals surface area contributed by atoms with Gasteiger partial charge < -0.3 is 10.6 Å². The summed E-state index contributed by atoms with van der Waals surface area (Å²) in [5, 5.41) is 6.26. The fraction of sp³-hybridized carbons (Fsp3) is 0.900. The second-order valence-corrected chi connectivity index (χ2v) is 4.29. The molecule has 14 heavy (non-hydrogen) atoms. The summed E-state index contributed by atoms with van der Waals surface area (Å²) in [6.45, 7) is 0.0722. The first kappa shape index (κ1) is 9.90. The highest BCUT2D eigenvalue weighted by atomic mass is 19.1. The van der Waals surface area contributed by atoms with E-state index in [1.54, 1.807) is 0 Å². The fourth-order valence-electron chi connectivity index (χ4n) is 2.54. The lowest BCUT2D eigenvalue weighted by Gasteiger charge is -2.51. The number of alkyl halides is 1. The Hall–Kier alpha value is -0.640. The number of amides is 1. The van der Waals surface area contributed by atoms with Crippen LogP contribution in [0.25, 0.3) is 0 Å². The third-order valence-electron chi connectivity index (χ3n) is 3.45. The SMILES string of the molecule is O=C1CCC(NCCF)C2(CCC2)N1. The zero-order valence-corrected chi connectivity index (χ0v) is 8.31. The van der Waals surface area contributed by atoms with E-state index in [4.69, 9.17) is 0 Å². The van der Waals surface area contributed by atoms with E-state index in [0.717, 1.165) is 19.3 Å². The molecule has 4 heteroatoms. The summed E-state index contributed by atoms with van der Waals surface area (Å²) in [5.41, 5.74) is -0.0372. The van der Waals surface area contributed by atoms with E-state index in [1.807, 2.05) is 0 Å². The Balaban J connectivity index is 1.96. The third kappa shape index (κ3) is 1.63. The van der Waals surface area contributed by atoms with Gasteiger partial charge in [-0.2, -0.15) is 0 Å². The Bertz CT molecular complexity index is 228. The van der Waals surface area contributed by atoms with Crippen LogP contribution in [0.2, 0.25) is 0 Å². The molecule has 0 aromatic heterocycles. The summed E-state index contributed by atoms with van der Waals surface area (Å²) >= 11 is 0. The molecule has 2 aliphatic rings. The summed E-state index contributed by atoms with van der Waals surface area (Å²) in [5.74, 6) is 0.156. The Labute approximate surface area is 83.4 Å². The molecule has 0 aromatic rings. The molecule has 1 aliphatic carbocycles. The highest BCUT2D eigenvalue weighted by Crippen LogP contribution is 2.38. The number of piperidine rings is 1. The van der Waals surface area contributed by atoms with Crippen molar-refractivity contribution < 1.29 is 9.18 Å². The van der Waals surface area contributed by atoms with Crippen LogP contribution in [-0.2, 0) is 4.79 Å². The van der Waals surface area contributed by atoms with Crippen LogP contribution in [0.1, 0.15) is 32.1 Å². The molecule has 1 amide bonds. The van der Waals surface area contributed by atoms with Crippen LogP contribution in [0, 0.1) is 0 Å². The average molecular weight is 200 g/mol. The molecule has 1 unspecified atom stereocenters. The van der Waals surface area contributed by atoms with Gasteiger partial charge in [-0.1, -0.05) is 0 Å². The van der Waals surface area contributed by atoms with Crippen LogP contribution in [0.4, 0.5) is 4.39 Å². The van der Waals surface area contributed by atoms with E-state index in [0.29, 0.717) is 13.0 Å². The molecule has 1 saturated carbocycles. The van der Waals surface area contributed by atoms with Gasteiger partial charge in [0.1, 0.15) is 6.67 Å². The Morgan fingerprint density at radius 3 is 2.93 bits per heavy atom. The summed E-state index contributed by atoms with van der Waals surface area (Å²) in [7, 11) is 0. The molecule has 2 fully saturated rings. The van der Waals surface area contributed by atoms with Crippen molar-refractivity contribution in [3.8, 4) is 0 Å². The van der Waals surface area contributed by atoms with Crippen LogP contribution in [0.15, 0.2) is 0 Å². The van der Waals surface area contributed by atoms with E-state index in [2.05, 4.69) is 10.6 Å². The van der Waals surface area contributed by atoms with Crippen molar-refractivity contribution in [2.24, 2.45) is 0 Å². The normalized spacial score (nSPS) is 29.8. The van der Waals surface area contributed by atoms with Crippen LogP contribution >= 0.6 is 0 Å².